The standard InChI is InChI=1S/C23H21ClN4O2/c24-16-6-3-5-15(10-16)18-11-19(29)20(23(30)22(18)28-13-25-12-27-28)21-17-7-2-1-4-14(17)8-9-26-21/h1-7,10,12-13,18,21-22,26,30H,8-9,11H2/p+1/t18-,21+,22-/m1/s1. The highest BCUT2D eigenvalue weighted by Gasteiger charge is 2.44. The summed E-state index contributed by atoms with van der Waals surface area (Å²) in [5, 5.41) is 18.5. The van der Waals surface area contributed by atoms with Gasteiger partial charge in [0.05, 0.1) is 12.1 Å². The molecule has 0 bridgehead atoms. The van der Waals surface area contributed by atoms with Gasteiger partial charge < -0.3 is 10.4 Å². The third kappa shape index (κ3) is 3.22. The SMILES string of the molecule is O=C1C[C@H](c2cccc(Cl)c2)[C@@H](n2cncn2)C(O)=C1[C@H]1[NH2+]CCc2ccccc21. The average Bonchev–Trinajstić information content (AvgIpc) is 3.28. The third-order valence-electron chi connectivity index (χ3n) is 6.16. The Morgan fingerprint density at radius 2 is 2.03 bits per heavy atom. The van der Waals surface area contributed by atoms with Crippen LogP contribution >= 0.6 is 11.6 Å². The zero-order valence-electron chi connectivity index (χ0n) is 16.3. The fourth-order valence-electron chi connectivity index (χ4n) is 4.83. The van der Waals surface area contributed by atoms with Gasteiger partial charge in [-0.25, -0.2) is 9.67 Å². The van der Waals surface area contributed by atoms with Crippen LogP contribution in [0.15, 0.2) is 72.5 Å². The number of Topliss-reactive ketones (excluding diaryl/α,β-unsaturated/α-hetero) is 1. The van der Waals surface area contributed by atoms with Crippen molar-refractivity contribution in [3.8, 4) is 0 Å². The number of benzene rings is 2. The Morgan fingerprint density at radius 1 is 1.17 bits per heavy atom. The summed E-state index contributed by atoms with van der Waals surface area (Å²) in [6, 6.07) is 14.9. The van der Waals surface area contributed by atoms with E-state index in [1.165, 1.54) is 11.9 Å². The Morgan fingerprint density at radius 3 is 2.83 bits per heavy atom. The van der Waals surface area contributed by atoms with Crippen molar-refractivity contribution in [2.24, 2.45) is 0 Å². The molecule has 0 unspecified atom stereocenters. The molecule has 0 spiro atoms. The number of hydrogen-bond donors (Lipinski definition) is 2. The number of fused-ring (bicyclic) bond motifs is 1. The molecule has 0 amide bonds. The molecule has 2 aromatic carbocycles. The molecule has 152 valence electrons. The molecule has 0 radical (unpaired) electrons. The largest absolute Gasteiger partial charge is 0.509 e. The lowest BCUT2D eigenvalue weighted by Crippen LogP contribution is -2.88. The van der Waals surface area contributed by atoms with E-state index in [1.807, 2.05) is 30.3 Å². The molecule has 1 aromatic heterocycles. The first-order valence-corrected chi connectivity index (χ1v) is 10.5. The Bertz CT molecular complexity index is 1130. The predicted octanol–water partition coefficient (Wildman–Crippen LogP) is 2.90. The van der Waals surface area contributed by atoms with Crippen molar-refractivity contribution in [1.82, 2.24) is 14.8 Å². The number of nitrogens with two attached hydrogens (primary N) is 1. The number of aliphatic hydroxyl groups is 1. The zero-order chi connectivity index (χ0) is 20.7. The van der Waals surface area contributed by atoms with E-state index in [9.17, 15) is 9.90 Å². The number of allylic oxidation sites excluding steroid dienone is 1. The molecule has 3 atom stereocenters. The maximum atomic E-state index is 13.4. The van der Waals surface area contributed by atoms with Gasteiger partial charge in [-0.15, -0.1) is 0 Å². The summed E-state index contributed by atoms with van der Waals surface area (Å²) in [6.45, 7) is 0.872. The van der Waals surface area contributed by atoms with E-state index >= 15 is 0 Å². The van der Waals surface area contributed by atoms with E-state index in [4.69, 9.17) is 11.6 Å². The highest BCUT2D eigenvalue weighted by molar-refractivity contribution is 6.30. The van der Waals surface area contributed by atoms with Crippen molar-refractivity contribution in [1.29, 1.82) is 0 Å². The van der Waals surface area contributed by atoms with Crippen LogP contribution in [0, 0.1) is 0 Å². The molecule has 1 aliphatic heterocycles. The second-order valence-electron chi connectivity index (χ2n) is 7.86. The minimum atomic E-state index is -0.513. The summed E-state index contributed by atoms with van der Waals surface area (Å²) in [5.74, 6) is -0.244. The highest BCUT2D eigenvalue weighted by atomic mass is 35.5. The molecule has 30 heavy (non-hydrogen) atoms. The average molecular weight is 422 g/mol. The number of ketones is 1. The van der Waals surface area contributed by atoms with Gasteiger partial charge >= 0.3 is 0 Å². The van der Waals surface area contributed by atoms with Crippen LogP contribution in [0.4, 0.5) is 0 Å². The van der Waals surface area contributed by atoms with Gasteiger partial charge in [0.1, 0.15) is 30.5 Å². The van der Waals surface area contributed by atoms with Gasteiger partial charge in [-0.1, -0.05) is 48.0 Å². The molecule has 3 N–H and O–H groups in total. The van der Waals surface area contributed by atoms with Gasteiger partial charge in [0.25, 0.3) is 0 Å². The Hall–Kier alpha value is -2.96. The van der Waals surface area contributed by atoms with Gasteiger partial charge in [0, 0.05) is 29.3 Å². The topological polar surface area (TPSA) is 84.6 Å². The number of aromatic nitrogens is 3. The van der Waals surface area contributed by atoms with Crippen LogP contribution in [0.2, 0.25) is 5.02 Å². The van der Waals surface area contributed by atoms with Crippen molar-refractivity contribution >= 4 is 17.4 Å². The molecule has 2 aliphatic rings. The van der Waals surface area contributed by atoms with Gasteiger partial charge in [0.2, 0.25) is 0 Å². The van der Waals surface area contributed by atoms with Crippen molar-refractivity contribution < 1.29 is 15.2 Å². The Kier molecular flexibility index (Phi) is 4.89. The third-order valence-corrected chi connectivity index (χ3v) is 6.39. The van der Waals surface area contributed by atoms with Gasteiger partial charge in [0.15, 0.2) is 5.78 Å². The molecule has 2 heterocycles. The molecule has 0 fully saturated rings. The normalized spacial score (nSPS) is 24.0. The highest BCUT2D eigenvalue weighted by Crippen LogP contribution is 2.44. The van der Waals surface area contributed by atoms with Gasteiger partial charge in [-0.3, -0.25) is 4.79 Å². The molecule has 0 saturated carbocycles. The summed E-state index contributed by atoms with van der Waals surface area (Å²) in [6.07, 6.45) is 4.26. The maximum Gasteiger partial charge on any atom is 0.169 e. The summed E-state index contributed by atoms with van der Waals surface area (Å²) >= 11 is 6.22. The fourth-order valence-corrected chi connectivity index (χ4v) is 5.02. The van der Waals surface area contributed by atoms with Crippen molar-refractivity contribution in [3.05, 3.63) is 94.2 Å². The smallest absolute Gasteiger partial charge is 0.169 e. The number of carbonyl (C=O) groups excluding carboxylic acids is 1. The lowest BCUT2D eigenvalue weighted by Gasteiger charge is -2.35. The van der Waals surface area contributed by atoms with Crippen LogP contribution in [-0.4, -0.2) is 32.2 Å². The van der Waals surface area contributed by atoms with E-state index in [2.05, 4.69) is 27.5 Å². The number of carbonyl (C=O) groups is 1. The lowest BCUT2D eigenvalue weighted by atomic mass is 9.75. The number of hydrogen-bond acceptors (Lipinski definition) is 4. The fraction of sp³-hybridized carbons (Fsp3) is 0.261. The van der Waals surface area contributed by atoms with Crippen LogP contribution < -0.4 is 5.32 Å². The van der Waals surface area contributed by atoms with Crippen LogP contribution in [-0.2, 0) is 11.2 Å². The number of halogens is 1. The van der Waals surface area contributed by atoms with E-state index in [-0.39, 0.29) is 29.9 Å². The van der Waals surface area contributed by atoms with Crippen LogP contribution in [0.5, 0.6) is 0 Å². The first-order valence-electron chi connectivity index (χ1n) is 10.1. The molecule has 6 nitrogen and oxygen atoms in total. The molecular formula is C23H22ClN4O2+. The van der Waals surface area contributed by atoms with Crippen LogP contribution in [0.3, 0.4) is 0 Å². The maximum absolute atomic E-state index is 13.4. The Labute approximate surface area is 179 Å². The Balaban J connectivity index is 1.65. The zero-order valence-corrected chi connectivity index (χ0v) is 17.0. The van der Waals surface area contributed by atoms with Gasteiger partial charge in [-0.2, -0.15) is 5.10 Å². The number of rotatable bonds is 3. The molecule has 5 rings (SSSR count). The number of quaternary nitrogens is 1. The second-order valence-corrected chi connectivity index (χ2v) is 8.30. The monoisotopic (exact) mass is 421 g/mol. The summed E-state index contributed by atoms with van der Waals surface area (Å²) in [4.78, 5) is 17.5. The quantitative estimate of drug-likeness (QED) is 0.681. The second kappa shape index (κ2) is 7.70. The number of aliphatic hydroxyl groups excluding tert-OH is 1. The molecule has 0 saturated heterocycles. The summed E-state index contributed by atoms with van der Waals surface area (Å²) in [7, 11) is 0. The molecule has 3 aromatic rings. The molecule has 1 aliphatic carbocycles. The lowest BCUT2D eigenvalue weighted by molar-refractivity contribution is -0.690. The summed E-state index contributed by atoms with van der Waals surface area (Å²) < 4.78 is 1.64. The van der Waals surface area contributed by atoms with E-state index in [0.29, 0.717) is 10.6 Å². The van der Waals surface area contributed by atoms with Crippen molar-refractivity contribution in [2.75, 3.05) is 6.54 Å². The molecule has 7 heteroatoms. The molecular weight excluding hydrogens is 400 g/mol. The van der Waals surface area contributed by atoms with Gasteiger partial charge in [-0.05, 0) is 23.3 Å². The van der Waals surface area contributed by atoms with Crippen molar-refractivity contribution in [3.63, 3.8) is 0 Å². The first kappa shape index (κ1) is 19.0. The minimum absolute atomic E-state index is 0.0354. The van der Waals surface area contributed by atoms with E-state index in [1.54, 1.807) is 17.1 Å². The summed E-state index contributed by atoms with van der Waals surface area (Å²) in [5.41, 5.74) is 3.69. The predicted molar refractivity (Wildman–Crippen MR) is 112 cm³/mol. The van der Waals surface area contributed by atoms with E-state index < -0.39 is 6.04 Å². The van der Waals surface area contributed by atoms with Crippen LogP contribution in [0.25, 0.3) is 0 Å². The van der Waals surface area contributed by atoms with Crippen LogP contribution in [0.1, 0.15) is 41.1 Å². The first-order chi connectivity index (χ1) is 14.6. The minimum Gasteiger partial charge on any atom is -0.509 e. The number of nitrogens with zero attached hydrogens (tertiary/aromatic N) is 3. The van der Waals surface area contributed by atoms with E-state index in [0.717, 1.165) is 24.1 Å². The van der Waals surface area contributed by atoms with Crippen molar-refractivity contribution in [2.45, 2.75) is 30.8 Å².